The fraction of sp³-hybridized carbons (Fsp3) is 0.316. The minimum Gasteiger partial charge on any atom is -0.365 e. The van der Waals surface area contributed by atoms with E-state index >= 15 is 0 Å². The largest absolute Gasteiger partial charge is 0.365 e. The Morgan fingerprint density at radius 2 is 1.36 bits per heavy atom. The molecule has 3 rings (SSSR count). The van der Waals surface area contributed by atoms with Gasteiger partial charge in [0.1, 0.15) is 12.2 Å². The van der Waals surface area contributed by atoms with Gasteiger partial charge in [0.2, 0.25) is 0 Å². The van der Waals surface area contributed by atoms with E-state index in [0.717, 1.165) is 11.1 Å². The lowest BCUT2D eigenvalue weighted by Crippen LogP contribution is -2.39. The Morgan fingerprint density at radius 1 is 0.864 bits per heavy atom. The summed E-state index contributed by atoms with van der Waals surface area (Å²) in [6.45, 7) is 1.97. The minimum atomic E-state index is -0.199. The van der Waals surface area contributed by atoms with Crippen molar-refractivity contribution >= 4 is 0 Å². The summed E-state index contributed by atoms with van der Waals surface area (Å²) in [5.74, 6) is 0. The van der Waals surface area contributed by atoms with E-state index in [1.165, 1.54) is 0 Å². The summed E-state index contributed by atoms with van der Waals surface area (Å²) in [4.78, 5) is 0. The Balaban J connectivity index is 1.94. The third-order valence-corrected chi connectivity index (χ3v) is 4.03. The molecule has 1 aliphatic rings. The van der Waals surface area contributed by atoms with Crippen molar-refractivity contribution in [2.45, 2.75) is 37.8 Å². The monoisotopic (exact) mass is 293 g/mol. The summed E-state index contributed by atoms with van der Waals surface area (Å²) in [5, 5.41) is 8.99. The first-order chi connectivity index (χ1) is 10.8. The number of benzene rings is 2. The lowest BCUT2D eigenvalue weighted by molar-refractivity contribution is -0.219. The van der Waals surface area contributed by atoms with Crippen molar-refractivity contribution in [1.29, 1.82) is 5.26 Å². The quantitative estimate of drug-likeness (QED) is 0.852. The Bertz CT molecular complexity index is 635. The molecular weight excluding hydrogens is 274 g/mol. The zero-order chi connectivity index (χ0) is 15.4. The number of ether oxygens (including phenoxy) is 2. The number of nitrogens with zero attached hydrogens (tertiary/aromatic N) is 1. The zero-order valence-electron chi connectivity index (χ0n) is 12.6. The molecule has 0 saturated carbocycles. The lowest BCUT2D eigenvalue weighted by atomic mass is 9.95. The molecule has 2 aromatic carbocycles. The van der Waals surface area contributed by atoms with Crippen molar-refractivity contribution in [2.24, 2.45) is 0 Å². The van der Waals surface area contributed by atoms with Crippen LogP contribution in [0.15, 0.2) is 60.7 Å². The second-order valence-electron chi connectivity index (χ2n) is 5.54. The molecule has 3 heteroatoms. The zero-order valence-corrected chi connectivity index (χ0v) is 12.6. The van der Waals surface area contributed by atoms with E-state index in [9.17, 15) is 0 Å². The lowest BCUT2D eigenvalue weighted by Gasteiger charge is -2.40. The van der Waals surface area contributed by atoms with Crippen LogP contribution in [-0.4, -0.2) is 12.2 Å². The van der Waals surface area contributed by atoms with E-state index in [2.05, 4.69) is 18.2 Å². The Labute approximate surface area is 131 Å². The summed E-state index contributed by atoms with van der Waals surface area (Å²) in [5.41, 5.74) is 2.17. The molecule has 0 aromatic heterocycles. The van der Waals surface area contributed by atoms with Gasteiger partial charge in [0, 0.05) is 0 Å². The second-order valence-corrected chi connectivity index (χ2v) is 5.54. The standard InChI is InChI=1S/C19H19NO2/c1-14-17(12-13-20)22-19(16-10-6-3-7-11-16)18(21-14)15-8-4-2-5-9-15/h2-11,14,17-19H,12H2,1H3/t14-,17-,18+,19+/m0/s1. The highest BCUT2D eigenvalue weighted by Gasteiger charge is 2.38. The minimum absolute atomic E-state index is 0.107. The van der Waals surface area contributed by atoms with Gasteiger partial charge in [-0.25, -0.2) is 0 Å². The first-order valence-corrected chi connectivity index (χ1v) is 7.57. The highest BCUT2D eigenvalue weighted by Crippen LogP contribution is 2.41. The highest BCUT2D eigenvalue weighted by molar-refractivity contribution is 5.26. The van der Waals surface area contributed by atoms with Crippen LogP contribution in [0.25, 0.3) is 0 Å². The normalized spacial score (nSPS) is 28.0. The first-order valence-electron chi connectivity index (χ1n) is 7.57. The van der Waals surface area contributed by atoms with Crippen molar-refractivity contribution in [1.82, 2.24) is 0 Å². The molecule has 0 radical (unpaired) electrons. The maximum atomic E-state index is 8.99. The van der Waals surface area contributed by atoms with Crippen LogP contribution < -0.4 is 0 Å². The van der Waals surface area contributed by atoms with E-state index in [1.54, 1.807) is 0 Å². The first kappa shape index (κ1) is 14.8. The molecule has 3 nitrogen and oxygen atoms in total. The molecule has 0 amide bonds. The van der Waals surface area contributed by atoms with Gasteiger partial charge in [0.05, 0.1) is 24.7 Å². The van der Waals surface area contributed by atoms with Crippen LogP contribution in [0.3, 0.4) is 0 Å². The van der Waals surface area contributed by atoms with Gasteiger partial charge in [-0.1, -0.05) is 60.7 Å². The van der Waals surface area contributed by atoms with E-state index in [-0.39, 0.29) is 24.4 Å². The summed E-state index contributed by atoms with van der Waals surface area (Å²) in [6.07, 6.45) is -0.321. The fourth-order valence-corrected chi connectivity index (χ4v) is 2.86. The summed E-state index contributed by atoms with van der Waals surface area (Å²) < 4.78 is 12.5. The van der Waals surface area contributed by atoms with E-state index < -0.39 is 0 Å². The topological polar surface area (TPSA) is 42.2 Å². The molecule has 2 aromatic rings. The van der Waals surface area contributed by atoms with Gasteiger partial charge < -0.3 is 9.47 Å². The molecule has 1 saturated heterocycles. The van der Waals surface area contributed by atoms with Gasteiger partial charge in [-0.15, -0.1) is 0 Å². The predicted octanol–water partition coefficient (Wildman–Crippen LogP) is 4.19. The Morgan fingerprint density at radius 3 is 1.86 bits per heavy atom. The molecule has 0 spiro atoms. The molecule has 0 aliphatic carbocycles. The van der Waals surface area contributed by atoms with Crippen molar-refractivity contribution in [2.75, 3.05) is 0 Å². The van der Waals surface area contributed by atoms with E-state index in [4.69, 9.17) is 14.7 Å². The molecule has 112 valence electrons. The van der Waals surface area contributed by atoms with Crippen LogP contribution >= 0.6 is 0 Å². The molecule has 4 atom stereocenters. The van der Waals surface area contributed by atoms with Crippen LogP contribution in [0, 0.1) is 11.3 Å². The SMILES string of the molecule is C[C@@H]1O[C@H](c2ccccc2)[C@@H](c2ccccc2)O[C@H]1CC#N. The maximum absolute atomic E-state index is 8.99. The van der Waals surface area contributed by atoms with Crippen molar-refractivity contribution < 1.29 is 9.47 Å². The summed E-state index contributed by atoms with van der Waals surface area (Å²) in [7, 11) is 0. The predicted molar refractivity (Wildman–Crippen MR) is 84.0 cm³/mol. The number of nitriles is 1. The van der Waals surface area contributed by atoms with Crippen molar-refractivity contribution in [3.8, 4) is 6.07 Å². The molecular formula is C19H19NO2. The van der Waals surface area contributed by atoms with Gasteiger partial charge in [0.15, 0.2) is 0 Å². The van der Waals surface area contributed by atoms with Crippen LogP contribution in [0.1, 0.15) is 36.7 Å². The van der Waals surface area contributed by atoms with Gasteiger partial charge >= 0.3 is 0 Å². The molecule has 22 heavy (non-hydrogen) atoms. The molecule has 1 aliphatic heterocycles. The third-order valence-electron chi connectivity index (χ3n) is 4.03. The molecule has 0 N–H and O–H groups in total. The Kier molecular flexibility index (Phi) is 4.53. The maximum Gasteiger partial charge on any atom is 0.113 e. The van der Waals surface area contributed by atoms with Crippen LogP contribution in [-0.2, 0) is 9.47 Å². The summed E-state index contributed by atoms with van der Waals surface area (Å²) >= 11 is 0. The smallest absolute Gasteiger partial charge is 0.113 e. The second kappa shape index (κ2) is 6.74. The van der Waals surface area contributed by atoms with Crippen molar-refractivity contribution in [3.05, 3.63) is 71.8 Å². The molecule has 1 heterocycles. The summed E-state index contributed by atoms with van der Waals surface area (Å²) in [6, 6.07) is 22.4. The van der Waals surface area contributed by atoms with E-state index in [1.807, 2.05) is 55.5 Å². The van der Waals surface area contributed by atoms with E-state index in [0.29, 0.717) is 6.42 Å². The number of hydrogen-bond acceptors (Lipinski definition) is 3. The van der Waals surface area contributed by atoms with Crippen molar-refractivity contribution in [3.63, 3.8) is 0 Å². The van der Waals surface area contributed by atoms with Crippen LogP contribution in [0.4, 0.5) is 0 Å². The average Bonchev–Trinajstić information content (AvgIpc) is 2.58. The highest BCUT2D eigenvalue weighted by atomic mass is 16.6. The van der Waals surface area contributed by atoms with Crippen LogP contribution in [0.2, 0.25) is 0 Å². The fourth-order valence-electron chi connectivity index (χ4n) is 2.86. The van der Waals surface area contributed by atoms with Gasteiger partial charge in [-0.05, 0) is 18.1 Å². The van der Waals surface area contributed by atoms with Crippen LogP contribution in [0.5, 0.6) is 0 Å². The third kappa shape index (κ3) is 3.04. The van der Waals surface area contributed by atoms with Gasteiger partial charge in [-0.3, -0.25) is 0 Å². The van der Waals surface area contributed by atoms with Gasteiger partial charge in [0.25, 0.3) is 0 Å². The molecule has 1 fully saturated rings. The average molecular weight is 293 g/mol. The number of rotatable bonds is 3. The molecule has 0 bridgehead atoms. The Hall–Kier alpha value is -2.15. The number of hydrogen-bond donors (Lipinski definition) is 0. The molecule has 0 unspecified atom stereocenters. The van der Waals surface area contributed by atoms with Gasteiger partial charge in [-0.2, -0.15) is 5.26 Å².